The molecule has 3 aliphatic heterocycles. The molecule has 8 rings (SSSR count). The second-order valence-electron chi connectivity index (χ2n) is 14.5. The van der Waals surface area contributed by atoms with Crippen molar-refractivity contribution >= 4 is 29.0 Å². The minimum absolute atomic E-state index is 0.123. The van der Waals surface area contributed by atoms with E-state index in [0.717, 1.165) is 116 Å². The van der Waals surface area contributed by atoms with E-state index >= 15 is 0 Å². The van der Waals surface area contributed by atoms with Crippen LogP contribution in [0.5, 0.6) is 11.8 Å². The number of piperidine rings is 1. The molecule has 0 radical (unpaired) electrons. The maximum atomic E-state index is 11.9. The van der Waals surface area contributed by atoms with Crippen LogP contribution in [0.25, 0.3) is 33.6 Å². The third kappa shape index (κ3) is 6.30. The number of hydrogen-bond acceptors (Lipinski definition) is 8. The van der Waals surface area contributed by atoms with Gasteiger partial charge in [-0.15, -0.1) is 0 Å². The number of benzene rings is 2. The summed E-state index contributed by atoms with van der Waals surface area (Å²) in [6.45, 7) is 6.31. The Bertz CT molecular complexity index is 1930. The van der Waals surface area contributed by atoms with Gasteiger partial charge in [-0.2, -0.15) is 0 Å². The van der Waals surface area contributed by atoms with E-state index in [4.69, 9.17) is 47.4 Å². The maximum absolute atomic E-state index is 11.9. The monoisotopic (exact) mass is 712 g/mol. The molecule has 50 heavy (non-hydrogen) atoms. The van der Waals surface area contributed by atoms with Crippen molar-refractivity contribution in [2.75, 3.05) is 47.0 Å². The summed E-state index contributed by atoms with van der Waals surface area (Å²) in [7, 11) is 3.32. The summed E-state index contributed by atoms with van der Waals surface area (Å²) in [6, 6.07) is 20.0. The van der Waals surface area contributed by atoms with Crippen molar-refractivity contribution in [2.24, 2.45) is 5.41 Å². The molecule has 0 bridgehead atoms. The molecule has 0 N–H and O–H groups in total. The van der Waals surface area contributed by atoms with Crippen LogP contribution >= 0.6 is 23.2 Å². The minimum Gasteiger partial charge on any atom is -0.481 e. The summed E-state index contributed by atoms with van der Waals surface area (Å²) in [6.07, 6.45) is 5.77. The van der Waals surface area contributed by atoms with E-state index in [9.17, 15) is 4.79 Å². The van der Waals surface area contributed by atoms with Crippen LogP contribution in [0.4, 0.5) is 0 Å². The molecule has 1 saturated carbocycles. The highest BCUT2D eigenvalue weighted by atomic mass is 35.5. The molecule has 5 heterocycles. The van der Waals surface area contributed by atoms with Gasteiger partial charge in [-0.3, -0.25) is 14.6 Å². The molecule has 4 aromatic rings. The van der Waals surface area contributed by atoms with Gasteiger partial charge in [0.05, 0.1) is 47.9 Å². The molecule has 3 saturated heterocycles. The summed E-state index contributed by atoms with van der Waals surface area (Å²) in [4.78, 5) is 26.5. The molecule has 0 amide bonds. The second kappa shape index (κ2) is 13.5. The smallest absolute Gasteiger partial charge is 0.218 e. The molecule has 4 fully saturated rings. The summed E-state index contributed by atoms with van der Waals surface area (Å²) >= 11 is 14.3. The number of ether oxygens (including phenoxy) is 3. The predicted molar refractivity (Wildman–Crippen MR) is 196 cm³/mol. The first-order valence-electron chi connectivity index (χ1n) is 17.5. The van der Waals surface area contributed by atoms with Crippen molar-refractivity contribution in [1.29, 1.82) is 0 Å². The fourth-order valence-corrected chi connectivity index (χ4v) is 9.03. The number of Topliss-reactive ketones (excluding diaryl/α,β-unsaturated/α-hetero) is 1. The molecule has 2 spiro atoms. The van der Waals surface area contributed by atoms with Crippen molar-refractivity contribution in [3.63, 3.8) is 0 Å². The first-order chi connectivity index (χ1) is 24.3. The lowest BCUT2D eigenvalue weighted by Gasteiger charge is -2.48. The van der Waals surface area contributed by atoms with Gasteiger partial charge in [0.15, 0.2) is 0 Å². The van der Waals surface area contributed by atoms with Gasteiger partial charge >= 0.3 is 0 Å². The number of hydrogen-bond donors (Lipinski definition) is 0. The quantitative estimate of drug-likeness (QED) is 0.172. The van der Waals surface area contributed by atoms with Crippen LogP contribution in [0.3, 0.4) is 0 Å². The predicted octanol–water partition coefficient (Wildman–Crippen LogP) is 8.11. The fraction of sp³-hybridized carbons (Fsp3) is 0.425. The molecule has 260 valence electrons. The van der Waals surface area contributed by atoms with Crippen LogP contribution in [-0.2, 0) is 22.6 Å². The van der Waals surface area contributed by atoms with E-state index in [0.29, 0.717) is 34.0 Å². The van der Waals surface area contributed by atoms with Crippen molar-refractivity contribution < 1.29 is 19.0 Å². The zero-order valence-corrected chi connectivity index (χ0v) is 30.2. The number of halogens is 2. The zero-order chi connectivity index (χ0) is 34.5. The normalized spacial score (nSPS) is 19.8. The van der Waals surface area contributed by atoms with Crippen molar-refractivity contribution in [2.45, 2.75) is 57.2 Å². The SMILES string of the molecule is COc1nc(-c2cccc(-c3cccc(-c4ccc(CN5CC6(CCC(=O)C6)C5)c(OC)n4)c3Cl)c2Cl)ccc1CN1CCC2(CCO2)CC1. The van der Waals surface area contributed by atoms with Crippen LogP contribution in [-0.4, -0.2) is 78.2 Å². The minimum atomic E-state index is 0.123. The average Bonchev–Trinajstić information content (AvgIpc) is 3.50. The Morgan fingerprint density at radius 2 is 1.24 bits per heavy atom. The number of carbonyl (C=O) groups excluding carboxylic acids is 1. The van der Waals surface area contributed by atoms with Gasteiger partial charge in [0, 0.05) is 90.9 Å². The highest BCUT2D eigenvalue weighted by Crippen LogP contribution is 2.46. The summed E-state index contributed by atoms with van der Waals surface area (Å²) in [5.74, 6) is 1.58. The number of nitrogens with zero attached hydrogens (tertiary/aromatic N) is 4. The molecule has 8 nitrogen and oxygen atoms in total. The average molecular weight is 714 g/mol. The third-order valence-corrected chi connectivity index (χ3v) is 12.1. The largest absolute Gasteiger partial charge is 0.481 e. The second-order valence-corrected chi connectivity index (χ2v) is 15.2. The first-order valence-corrected chi connectivity index (χ1v) is 18.3. The van der Waals surface area contributed by atoms with E-state index in [1.807, 2.05) is 48.5 Å². The van der Waals surface area contributed by atoms with Gasteiger partial charge in [0.1, 0.15) is 5.78 Å². The van der Waals surface area contributed by atoms with Crippen LogP contribution in [0.2, 0.25) is 10.0 Å². The van der Waals surface area contributed by atoms with Crippen molar-refractivity contribution in [3.8, 4) is 45.4 Å². The number of ketones is 1. The van der Waals surface area contributed by atoms with Gasteiger partial charge in [-0.25, -0.2) is 9.97 Å². The molecule has 1 aliphatic carbocycles. The highest BCUT2D eigenvalue weighted by Gasteiger charge is 2.47. The van der Waals surface area contributed by atoms with Crippen LogP contribution in [0.15, 0.2) is 60.7 Å². The van der Waals surface area contributed by atoms with Crippen molar-refractivity contribution in [3.05, 3.63) is 81.8 Å². The van der Waals surface area contributed by atoms with Gasteiger partial charge < -0.3 is 14.2 Å². The number of aromatic nitrogens is 2. The highest BCUT2D eigenvalue weighted by molar-refractivity contribution is 6.39. The molecular formula is C40H42Cl2N4O4. The zero-order valence-electron chi connectivity index (χ0n) is 28.6. The van der Waals surface area contributed by atoms with Gasteiger partial charge in [-0.1, -0.05) is 71.7 Å². The number of carbonyl (C=O) groups is 1. The Hall–Kier alpha value is -3.53. The number of likely N-dealkylation sites (tertiary alicyclic amines) is 2. The Morgan fingerprint density at radius 3 is 1.70 bits per heavy atom. The van der Waals surface area contributed by atoms with E-state index in [2.05, 4.69) is 21.9 Å². The molecule has 4 aliphatic rings. The maximum Gasteiger partial charge on any atom is 0.218 e. The van der Waals surface area contributed by atoms with Gasteiger partial charge in [-0.05, 0) is 37.8 Å². The fourth-order valence-electron chi connectivity index (χ4n) is 8.38. The van der Waals surface area contributed by atoms with Crippen molar-refractivity contribution in [1.82, 2.24) is 19.8 Å². The van der Waals surface area contributed by atoms with Crippen LogP contribution < -0.4 is 9.47 Å². The number of pyridine rings is 2. The van der Waals surface area contributed by atoms with Crippen LogP contribution in [0, 0.1) is 5.41 Å². The molecule has 10 heteroatoms. The topological polar surface area (TPSA) is 77.0 Å². The number of rotatable bonds is 9. The Kier molecular flexibility index (Phi) is 9.11. The van der Waals surface area contributed by atoms with E-state index < -0.39 is 0 Å². The molecule has 2 aromatic carbocycles. The van der Waals surface area contributed by atoms with Gasteiger partial charge in [0.2, 0.25) is 11.8 Å². The Balaban J connectivity index is 1.01. The first kappa shape index (κ1) is 33.6. The lowest BCUT2D eigenvalue weighted by Crippen LogP contribution is -2.54. The number of methoxy groups -OCH3 is 2. The molecule has 0 atom stereocenters. The molecule has 0 unspecified atom stereocenters. The Labute approximate surface area is 303 Å². The molecular weight excluding hydrogens is 671 g/mol. The summed E-state index contributed by atoms with van der Waals surface area (Å²) in [5, 5.41) is 1.12. The summed E-state index contributed by atoms with van der Waals surface area (Å²) in [5.41, 5.74) is 7.03. The van der Waals surface area contributed by atoms with E-state index in [1.54, 1.807) is 14.2 Å². The standard InChI is InChI=1S/C40H42Cl2N4O4/c1-48-37-26(22-45-18-15-40(16-19-45)17-20-50-40)9-11-33(43-37)31-7-3-5-29(35(31)41)30-6-4-8-32(36(30)42)34-12-10-27(38(44-34)49-2)23-46-24-39(25-46)14-13-28(47)21-39/h3-12H,13-25H2,1-2H3. The summed E-state index contributed by atoms with van der Waals surface area (Å²) < 4.78 is 17.4. The van der Waals surface area contributed by atoms with Gasteiger partial charge in [0.25, 0.3) is 0 Å². The molecule has 2 aromatic heterocycles. The Morgan fingerprint density at radius 1 is 0.720 bits per heavy atom. The lowest BCUT2D eigenvalue weighted by atomic mass is 9.78. The lowest BCUT2D eigenvalue weighted by molar-refractivity contribution is -0.173. The van der Waals surface area contributed by atoms with E-state index in [-0.39, 0.29) is 11.0 Å². The van der Waals surface area contributed by atoms with Crippen LogP contribution in [0.1, 0.15) is 49.7 Å². The third-order valence-electron chi connectivity index (χ3n) is 11.2. The van der Waals surface area contributed by atoms with E-state index in [1.165, 1.54) is 6.42 Å².